The topological polar surface area (TPSA) is 12.9 Å². The Kier molecular flexibility index (Phi) is 1.07. The zero-order chi connectivity index (χ0) is 5.11. The minimum Gasteiger partial charge on any atom is -0.394 e. The van der Waals surface area contributed by atoms with Crippen molar-refractivity contribution >= 4 is 0 Å². The fourth-order valence-corrected chi connectivity index (χ4v) is 0.407. The lowest BCUT2D eigenvalue weighted by Crippen LogP contribution is -1.70. The highest BCUT2D eigenvalue weighted by atomic mass is 14.6. The van der Waals surface area contributed by atoms with Crippen LogP contribution in [-0.4, -0.2) is 4.98 Å². The summed E-state index contributed by atoms with van der Waals surface area (Å²) in [6.07, 6.45) is 4.50. The maximum Gasteiger partial charge on any atom is -0.0615 e. The second-order valence-corrected chi connectivity index (χ2v) is 1.43. The van der Waals surface area contributed by atoms with E-state index in [2.05, 4.69) is 11.2 Å². The van der Waals surface area contributed by atoms with Crippen LogP contribution < -0.4 is 0 Å². The summed E-state index contributed by atoms with van der Waals surface area (Å²) in [6, 6.07) is 3.86. The molecule has 0 aliphatic carbocycles. The number of aromatic nitrogens is 1. The first-order valence-electron chi connectivity index (χ1n) is 2.19. The molecule has 1 rings (SSSR count). The van der Waals surface area contributed by atoms with E-state index in [0.717, 1.165) is 5.56 Å². The van der Waals surface area contributed by atoms with E-state index in [-0.39, 0.29) is 0 Å². The third-order valence-electron chi connectivity index (χ3n) is 0.748. The SMILES string of the molecule is Cc1[c-]nccc1. The second kappa shape index (κ2) is 1.73. The molecule has 1 nitrogen and oxygen atoms in total. The average Bonchev–Trinajstić information content (AvgIpc) is 1.69. The Labute approximate surface area is 43.0 Å². The molecule has 0 N–H and O–H groups in total. The van der Waals surface area contributed by atoms with Gasteiger partial charge in [-0.15, -0.1) is 5.56 Å². The molecule has 1 aromatic rings. The van der Waals surface area contributed by atoms with Gasteiger partial charge in [0.2, 0.25) is 0 Å². The van der Waals surface area contributed by atoms with E-state index in [1.165, 1.54) is 0 Å². The van der Waals surface area contributed by atoms with Crippen molar-refractivity contribution in [2.75, 3.05) is 0 Å². The predicted molar refractivity (Wildman–Crippen MR) is 27.8 cm³/mol. The molecule has 0 atom stereocenters. The van der Waals surface area contributed by atoms with Gasteiger partial charge < -0.3 is 4.98 Å². The van der Waals surface area contributed by atoms with Gasteiger partial charge in [-0.05, 0) is 0 Å². The molecule has 36 valence electrons. The molecule has 0 saturated carbocycles. The molecular formula is C6H6N-. The normalized spacial score (nSPS) is 8.71. The van der Waals surface area contributed by atoms with E-state index >= 15 is 0 Å². The van der Waals surface area contributed by atoms with Crippen molar-refractivity contribution in [2.45, 2.75) is 6.92 Å². The molecule has 0 aromatic carbocycles. The molecule has 0 radical (unpaired) electrons. The van der Waals surface area contributed by atoms with Gasteiger partial charge in [-0.1, -0.05) is 19.3 Å². The van der Waals surface area contributed by atoms with Crippen molar-refractivity contribution in [3.8, 4) is 0 Å². The van der Waals surface area contributed by atoms with E-state index in [9.17, 15) is 0 Å². The highest BCUT2D eigenvalue weighted by Crippen LogP contribution is 1.87. The van der Waals surface area contributed by atoms with Gasteiger partial charge in [-0.25, -0.2) is 0 Å². The van der Waals surface area contributed by atoms with E-state index in [1.807, 2.05) is 19.1 Å². The van der Waals surface area contributed by atoms with Crippen molar-refractivity contribution in [1.82, 2.24) is 4.98 Å². The Hall–Kier alpha value is -0.850. The molecule has 0 saturated heterocycles. The van der Waals surface area contributed by atoms with Gasteiger partial charge in [-0.2, -0.15) is 12.1 Å². The molecule has 1 heteroatoms. The van der Waals surface area contributed by atoms with E-state index in [4.69, 9.17) is 0 Å². The van der Waals surface area contributed by atoms with Crippen LogP contribution in [0.15, 0.2) is 18.3 Å². The lowest BCUT2D eigenvalue weighted by atomic mass is 10.3. The first-order chi connectivity index (χ1) is 3.39. The van der Waals surface area contributed by atoms with E-state index < -0.39 is 0 Å². The summed E-state index contributed by atoms with van der Waals surface area (Å²) in [5, 5.41) is 0. The zero-order valence-electron chi connectivity index (χ0n) is 4.18. The monoisotopic (exact) mass is 92.1 g/mol. The molecule has 1 heterocycles. The van der Waals surface area contributed by atoms with Crippen molar-refractivity contribution in [1.29, 1.82) is 0 Å². The summed E-state index contributed by atoms with van der Waals surface area (Å²) in [4.78, 5) is 3.76. The van der Waals surface area contributed by atoms with Gasteiger partial charge in [-0.3, -0.25) is 0 Å². The Morgan fingerprint density at radius 3 is 2.86 bits per heavy atom. The Morgan fingerprint density at radius 1 is 1.71 bits per heavy atom. The molecule has 0 aliphatic heterocycles. The number of aryl methyl sites for hydroxylation is 1. The molecule has 7 heavy (non-hydrogen) atoms. The number of hydrogen-bond acceptors (Lipinski definition) is 1. The van der Waals surface area contributed by atoms with Crippen LogP contribution in [0.5, 0.6) is 0 Å². The highest BCUT2D eigenvalue weighted by molar-refractivity contribution is 5.02. The van der Waals surface area contributed by atoms with E-state index in [0.29, 0.717) is 0 Å². The molecule has 0 fully saturated rings. The smallest absolute Gasteiger partial charge is 0.0615 e. The van der Waals surface area contributed by atoms with Crippen LogP contribution in [-0.2, 0) is 0 Å². The molecule has 0 aliphatic rings. The standard InChI is InChI=1S/C6H6N/c1-6-3-2-4-7-5-6/h2-4H,1H3/q-1. The summed E-state index contributed by atoms with van der Waals surface area (Å²) in [5.41, 5.74) is 1.09. The summed E-state index contributed by atoms with van der Waals surface area (Å²) in [7, 11) is 0. The predicted octanol–water partition coefficient (Wildman–Crippen LogP) is 1.19. The fraction of sp³-hybridized carbons (Fsp3) is 0.167. The number of hydrogen-bond donors (Lipinski definition) is 0. The molecular weight excluding hydrogens is 86.1 g/mol. The summed E-state index contributed by atoms with van der Waals surface area (Å²) in [6.45, 7) is 1.97. The summed E-state index contributed by atoms with van der Waals surface area (Å²) < 4.78 is 0. The third kappa shape index (κ3) is 1.000. The zero-order valence-corrected chi connectivity index (χ0v) is 4.18. The quantitative estimate of drug-likeness (QED) is 0.438. The van der Waals surface area contributed by atoms with E-state index in [1.54, 1.807) is 6.20 Å². The van der Waals surface area contributed by atoms with Gasteiger partial charge >= 0.3 is 0 Å². The average molecular weight is 92.1 g/mol. The first kappa shape index (κ1) is 4.31. The van der Waals surface area contributed by atoms with Gasteiger partial charge in [0.1, 0.15) is 0 Å². The largest absolute Gasteiger partial charge is 0.394 e. The maximum atomic E-state index is 3.76. The molecule has 0 unspecified atom stereocenters. The van der Waals surface area contributed by atoms with Gasteiger partial charge in [0.15, 0.2) is 0 Å². The van der Waals surface area contributed by atoms with Crippen molar-refractivity contribution in [2.24, 2.45) is 0 Å². The van der Waals surface area contributed by atoms with Crippen LogP contribution in [0, 0.1) is 13.1 Å². The van der Waals surface area contributed by atoms with Crippen molar-refractivity contribution < 1.29 is 0 Å². The number of pyridine rings is 1. The van der Waals surface area contributed by atoms with Gasteiger partial charge in [0.05, 0.1) is 0 Å². The summed E-state index contributed by atoms with van der Waals surface area (Å²) in [5.74, 6) is 0. The highest BCUT2D eigenvalue weighted by Gasteiger charge is 1.62. The Bertz CT molecular complexity index is 134. The third-order valence-corrected chi connectivity index (χ3v) is 0.748. The second-order valence-electron chi connectivity index (χ2n) is 1.43. The Balaban J connectivity index is 3.02. The lowest BCUT2D eigenvalue weighted by Gasteiger charge is -1.92. The minimum atomic E-state index is 1.09. The molecule has 0 spiro atoms. The Morgan fingerprint density at radius 2 is 2.57 bits per heavy atom. The van der Waals surface area contributed by atoms with Crippen LogP contribution in [0.1, 0.15) is 5.56 Å². The maximum absolute atomic E-state index is 3.76. The molecule has 0 bridgehead atoms. The first-order valence-corrected chi connectivity index (χ1v) is 2.19. The number of nitrogens with zero attached hydrogens (tertiary/aromatic N) is 1. The molecule has 1 aromatic heterocycles. The van der Waals surface area contributed by atoms with Crippen LogP contribution in [0.4, 0.5) is 0 Å². The van der Waals surface area contributed by atoms with Gasteiger partial charge in [0.25, 0.3) is 0 Å². The lowest BCUT2D eigenvalue weighted by molar-refractivity contribution is 1.25. The minimum absolute atomic E-state index is 1.09. The van der Waals surface area contributed by atoms with Crippen molar-refractivity contribution in [3.63, 3.8) is 0 Å². The van der Waals surface area contributed by atoms with Crippen LogP contribution in [0.3, 0.4) is 0 Å². The molecule has 0 amide bonds. The van der Waals surface area contributed by atoms with Crippen molar-refractivity contribution in [3.05, 3.63) is 30.1 Å². The van der Waals surface area contributed by atoms with Crippen LogP contribution in [0.25, 0.3) is 0 Å². The van der Waals surface area contributed by atoms with Crippen LogP contribution in [0.2, 0.25) is 0 Å². The van der Waals surface area contributed by atoms with Gasteiger partial charge in [0, 0.05) is 0 Å². The summed E-state index contributed by atoms with van der Waals surface area (Å²) >= 11 is 0. The van der Waals surface area contributed by atoms with Crippen LogP contribution >= 0.6 is 0 Å². The number of rotatable bonds is 0. The fourth-order valence-electron chi connectivity index (χ4n) is 0.407.